The van der Waals surface area contributed by atoms with Gasteiger partial charge in [0.15, 0.2) is 0 Å². The minimum Gasteiger partial charge on any atom is -0.399 e. The van der Waals surface area contributed by atoms with Gasteiger partial charge in [0, 0.05) is 17.8 Å². The van der Waals surface area contributed by atoms with E-state index in [2.05, 4.69) is 12.2 Å². The topological polar surface area (TPSA) is 55.1 Å². The molecule has 3 N–H and O–H groups in total. The zero-order valence-corrected chi connectivity index (χ0v) is 12.2. The monoisotopic (exact) mass is 282 g/mol. The number of anilines is 1. The highest BCUT2D eigenvalue weighted by molar-refractivity contribution is 5.94. The molecule has 4 heteroatoms. The molecule has 1 aliphatic carbocycles. The highest BCUT2D eigenvalue weighted by atomic mass is 35.5. The second kappa shape index (κ2) is 7.39. The number of rotatable bonds is 3. The normalized spacial score (nSPS) is 22.4. The van der Waals surface area contributed by atoms with Crippen LogP contribution in [-0.2, 0) is 0 Å². The van der Waals surface area contributed by atoms with Gasteiger partial charge in [-0.1, -0.05) is 19.8 Å². The van der Waals surface area contributed by atoms with Crippen LogP contribution in [0.25, 0.3) is 0 Å². The van der Waals surface area contributed by atoms with Crippen LogP contribution in [0.4, 0.5) is 5.69 Å². The lowest BCUT2D eigenvalue weighted by molar-refractivity contribution is 0.0942. The fourth-order valence-corrected chi connectivity index (χ4v) is 2.51. The summed E-state index contributed by atoms with van der Waals surface area (Å²) in [5.74, 6) is 1.52. The Hall–Kier alpha value is -1.22. The molecule has 1 aliphatic rings. The molecule has 0 aromatic heterocycles. The molecule has 1 fully saturated rings. The smallest absolute Gasteiger partial charge is 0.251 e. The zero-order valence-electron chi connectivity index (χ0n) is 11.4. The maximum Gasteiger partial charge on any atom is 0.251 e. The van der Waals surface area contributed by atoms with Crippen molar-refractivity contribution in [1.29, 1.82) is 0 Å². The molecule has 0 bridgehead atoms. The van der Waals surface area contributed by atoms with Gasteiger partial charge in [-0.3, -0.25) is 4.79 Å². The number of halogens is 1. The Morgan fingerprint density at radius 3 is 2.37 bits per heavy atom. The van der Waals surface area contributed by atoms with Gasteiger partial charge in [0.25, 0.3) is 5.91 Å². The van der Waals surface area contributed by atoms with Crippen molar-refractivity contribution < 1.29 is 4.79 Å². The van der Waals surface area contributed by atoms with E-state index in [9.17, 15) is 4.79 Å². The van der Waals surface area contributed by atoms with Crippen molar-refractivity contribution in [2.45, 2.75) is 32.6 Å². The van der Waals surface area contributed by atoms with Crippen LogP contribution in [0.15, 0.2) is 24.3 Å². The van der Waals surface area contributed by atoms with Gasteiger partial charge in [-0.05, 0) is 48.9 Å². The molecule has 2 rings (SSSR count). The van der Waals surface area contributed by atoms with Gasteiger partial charge >= 0.3 is 0 Å². The van der Waals surface area contributed by atoms with Crippen LogP contribution in [0.5, 0.6) is 0 Å². The predicted molar refractivity (Wildman–Crippen MR) is 81.6 cm³/mol. The van der Waals surface area contributed by atoms with E-state index in [0.29, 0.717) is 17.2 Å². The molecule has 1 saturated carbocycles. The number of hydrogen-bond donors (Lipinski definition) is 2. The van der Waals surface area contributed by atoms with Crippen molar-refractivity contribution >= 4 is 24.0 Å². The summed E-state index contributed by atoms with van der Waals surface area (Å²) in [5.41, 5.74) is 6.98. The molecule has 0 radical (unpaired) electrons. The number of benzene rings is 1. The van der Waals surface area contributed by atoms with Crippen LogP contribution >= 0.6 is 12.4 Å². The summed E-state index contributed by atoms with van der Waals surface area (Å²) in [4.78, 5) is 11.9. The quantitative estimate of drug-likeness (QED) is 0.836. The second-order valence-electron chi connectivity index (χ2n) is 5.46. The van der Waals surface area contributed by atoms with Crippen LogP contribution in [0.3, 0.4) is 0 Å². The van der Waals surface area contributed by atoms with Crippen molar-refractivity contribution in [3.8, 4) is 0 Å². The van der Waals surface area contributed by atoms with Crippen molar-refractivity contribution in [2.24, 2.45) is 11.8 Å². The van der Waals surface area contributed by atoms with E-state index in [1.807, 2.05) is 0 Å². The lowest BCUT2D eigenvalue weighted by Crippen LogP contribution is -2.31. The zero-order chi connectivity index (χ0) is 13.0. The highest BCUT2D eigenvalue weighted by Gasteiger charge is 2.18. The third-order valence-electron chi connectivity index (χ3n) is 3.86. The largest absolute Gasteiger partial charge is 0.399 e. The predicted octanol–water partition coefficient (Wildman–Crippen LogP) is 3.25. The Morgan fingerprint density at radius 1 is 1.21 bits per heavy atom. The van der Waals surface area contributed by atoms with Gasteiger partial charge in [-0.2, -0.15) is 0 Å². The third kappa shape index (κ3) is 4.75. The van der Waals surface area contributed by atoms with Crippen LogP contribution in [-0.4, -0.2) is 12.5 Å². The first kappa shape index (κ1) is 15.8. The average Bonchev–Trinajstić information content (AvgIpc) is 2.38. The number of carbonyl (C=O) groups excluding carboxylic acids is 1. The molecule has 19 heavy (non-hydrogen) atoms. The summed E-state index contributed by atoms with van der Waals surface area (Å²) in [6.45, 7) is 3.11. The van der Waals surface area contributed by atoms with Crippen molar-refractivity contribution in [3.05, 3.63) is 29.8 Å². The van der Waals surface area contributed by atoms with Crippen molar-refractivity contribution in [1.82, 2.24) is 5.32 Å². The van der Waals surface area contributed by atoms with Gasteiger partial charge in [0.1, 0.15) is 0 Å². The molecule has 1 aromatic rings. The molecule has 3 nitrogen and oxygen atoms in total. The molecule has 1 aromatic carbocycles. The minimum atomic E-state index is 0. The van der Waals surface area contributed by atoms with Crippen molar-refractivity contribution in [3.63, 3.8) is 0 Å². The van der Waals surface area contributed by atoms with E-state index >= 15 is 0 Å². The molecule has 0 spiro atoms. The van der Waals surface area contributed by atoms with Gasteiger partial charge in [0.05, 0.1) is 0 Å². The maximum absolute atomic E-state index is 11.9. The second-order valence-corrected chi connectivity index (χ2v) is 5.46. The van der Waals surface area contributed by atoms with Gasteiger partial charge in [0.2, 0.25) is 0 Å². The number of nitrogens with one attached hydrogen (secondary N) is 1. The van der Waals surface area contributed by atoms with E-state index in [1.54, 1.807) is 24.3 Å². The number of hydrogen-bond acceptors (Lipinski definition) is 2. The molecular formula is C15H23ClN2O. The molecule has 0 heterocycles. The SMILES string of the molecule is CC1CCC(CNC(=O)c2ccc(N)cc2)CC1.Cl. The van der Waals surface area contributed by atoms with E-state index in [-0.39, 0.29) is 18.3 Å². The fraction of sp³-hybridized carbons (Fsp3) is 0.533. The first-order valence-corrected chi connectivity index (χ1v) is 6.79. The molecule has 0 saturated heterocycles. The van der Waals surface area contributed by atoms with E-state index in [0.717, 1.165) is 12.5 Å². The molecular weight excluding hydrogens is 260 g/mol. The summed E-state index contributed by atoms with van der Waals surface area (Å²) < 4.78 is 0. The third-order valence-corrected chi connectivity index (χ3v) is 3.86. The Labute approximate surface area is 121 Å². The van der Waals surface area contributed by atoms with Crippen LogP contribution in [0.1, 0.15) is 43.0 Å². The number of nitrogen functional groups attached to an aromatic ring is 1. The van der Waals surface area contributed by atoms with Crippen LogP contribution in [0.2, 0.25) is 0 Å². The molecule has 0 aliphatic heterocycles. The Balaban J connectivity index is 0.00000180. The fourth-order valence-electron chi connectivity index (χ4n) is 2.51. The van der Waals surface area contributed by atoms with E-state index in [1.165, 1.54) is 25.7 Å². The number of nitrogens with two attached hydrogens (primary N) is 1. The van der Waals surface area contributed by atoms with E-state index in [4.69, 9.17) is 5.73 Å². The summed E-state index contributed by atoms with van der Waals surface area (Å²) >= 11 is 0. The van der Waals surface area contributed by atoms with Gasteiger partial charge < -0.3 is 11.1 Å². The van der Waals surface area contributed by atoms with Gasteiger partial charge in [-0.25, -0.2) is 0 Å². The summed E-state index contributed by atoms with van der Waals surface area (Å²) in [6, 6.07) is 7.07. The number of carbonyl (C=O) groups is 1. The van der Waals surface area contributed by atoms with Crippen LogP contribution < -0.4 is 11.1 Å². The molecule has 106 valence electrons. The molecule has 0 atom stereocenters. The first-order chi connectivity index (χ1) is 8.65. The Bertz CT molecular complexity index is 397. The lowest BCUT2D eigenvalue weighted by Gasteiger charge is -2.26. The van der Waals surface area contributed by atoms with Crippen molar-refractivity contribution in [2.75, 3.05) is 12.3 Å². The first-order valence-electron chi connectivity index (χ1n) is 6.79. The summed E-state index contributed by atoms with van der Waals surface area (Å²) in [6.07, 6.45) is 5.07. The Morgan fingerprint density at radius 2 is 1.79 bits per heavy atom. The van der Waals surface area contributed by atoms with E-state index < -0.39 is 0 Å². The standard InChI is InChI=1S/C15H22N2O.ClH/c1-11-2-4-12(5-3-11)10-17-15(18)13-6-8-14(16)9-7-13;/h6-9,11-12H,2-5,10,16H2,1H3,(H,17,18);1H. The highest BCUT2D eigenvalue weighted by Crippen LogP contribution is 2.27. The number of amides is 1. The summed E-state index contributed by atoms with van der Waals surface area (Å²) in [5, 5.41) is 3.02. The summed E-state index contributed by atoms with van der Waals surface area (Å²) in [7, 11) is 0. The molecule has 0 unspecified atom stereocenters. The maximum atomic E-state index is 11.9. The lowest BCUT2D eigenvalue weighted by atomic mass is 9.83. The molecule has 1 amide bonds. The average molecular weight is 283 g/mol. The minimum absolute atomic E-state index is 0. The van der Waals surface area contributed by atoms with Crippen LogP contribution in [0, 0.1) is 11.8 Å². The Kier molecular flexibility index (Phi) is 6.16. The van der Waals surface area contributed by atoms with Gasteiger partial charge in [-0.15, -0.1) is 12.4 Å².